The Labute approximate surface area is 240 Å². The van der Waals surface area contributed by atoms with Gasteiger partial charge >= 0.3 is 6.09 Å². The molecule has 40 heavy (non-hydrogen) atoms. The molecule has 2 aromatic carbocycles. The van der Waals surface area contributed by atoms with E-state index in [-0.39, 0.29) is 12.0 Å². The van der Waals surface area contributed by atoms with Crippen LogP contribution in [0.4, 0.5) is 4.79 Å². The van der Waals surface area contributed by atoms with E-state index in [0.29, 0.717) is 50.8 Å². The van der Waals surface area contributed by atoms with E-state index in [9.17, 15) is 9.59 Å². The Morgan fingerprint density at radius 1 is 0.925 bits per heavy atom. The van der Waals surface area contributed by atoms with Crippen LogP contribution in [-0.4, -0.2) is 85.2 Å². The maximum Gasteiger partial charge on any atom is 0.409 e. The lowest BCUT2D eigenvalue weighted by molar-refractivity contribution is 0.0566. The number of hydrogen-bond donors (Lipinski definition) is 0. The standard InChI is InChI=1S/C30H38N4O5S/c1-5-39-30(36)34-16-14-33(15-17-34)29(35)25-21-40-28(31-25)20-32(19-24-8-6-22(2)7-9-24)13-12-23-10-11-26(37-3)27(18-23)38-4/h6-11,18,21H,5,12-17,19-20H2,1-4H3. The maximum atomic E-state index is 13.1. The molecule has 0 bridgehead atoms. The molecule has 9 nitrogen and oxygen atoms in total. The number of methoxy groups -OCH3 is 2. The SMILES string of the molecule is CCOC(=O)N1CCN(C(=O)c2csc(CN(CCc3ccc(OC)c(OC)c3)Cc3ccc(C)cc3)n2)CC1. The van der Waals surface area contributed by atoms with Gasteiger partial charge in [0.15, 0.2) is 11.5 Å². The summed E-state index contributed by atoms with van der Waals surface area (Å²) in [7, 11) is 3.28. The van der Waals surface area contributed by atoms with Crippen LogP contribution >= 0.6 is 11.3 Å². The number of thiazole rings is 1. The van der Waals surface area contributed by atoms with E-state index in [0.717, 1.165) is 35.8 Å². The zero-order valence-electron chi connectivity index (χ0n) is 23.7. The Bertz CT molecular complexity index is 1270. The van der Waals surface area contributed by atoms with Crippen molar-refractivity contribution in [2.24, 2.45) is 0 Å². The van der Waals surface area contributed by atoms with Gasteiger partial charge in [0.1, 0.15) is 10.7 Å². The monoisotopic (exact) mass is 566 g/mol. The molecule has 0 radical (unpaired) electrons. The van der Waals surface area contributed by atoms with E-state index in [1.54, 1.807) is 30.9 Å². The van der Waals surface area contributed by atoms with Crippen LogP contribution in [0.5, 0.6) is 11.5 Å². The molecule has 0 spiro atoms. The molecule has 10 heteroatoms. The molecule has 0 saturated carbocycles. The number of nitrogens with zero attached hydrogens (tertiary/aromatic N) is 4. The van der Waals surface area contributed by atoms with E-state index in [1.165, 1.54) is 22.5 Å². The summed E-state index contributed by atoms with van der Waals surface area (Å²) in [6.07, 6.45) is 0.501. The fourth-order valence-electron chi connectivity index (χ4n) is 4.63. The van der Waals surface area contributed by atoms with Crippen molar-refractivity contribution in [3.8, 4) is 11.5 Å². The third kappa shape index (κ3) is 7.73. The van der Waals surface area contributed by atoms with E-state index < -0.39 is 0 Å². The van der Waals surface area contributed by atoms with Crippen molar-refractivity contribution in [2.75, 3.05) is 53.6 Å². The summed E-state index contributed by atoms with van der Waals surface area (Å²) in [6.45, 7) is 8.28. The van der Waals surface area contributed by atoms with Crippen LogP contribution in [0.15, 0.2) is 47.8 Å². The Morgan fingerprint density at radius 2 is 1.60 bits per heavy atom. The zero-order valence-corrected chi connectivity index (χ0v) is 24.5. The van der Waals surface area contributed by atoms with E-state index in [4.69, 9.17) is 19.2 Å². The normalized spacial score (nSPS) is 13.4. The van der Waals surface area contributed by atoms with Crippen molar-refractivity contribution in [3.63, 3.8) is 0 Å². The van der Waals surface area contributed by atoms with Gasteiger partial charge in [0, 0.05) is 44.6 Å². The number of aryl methyl sites for hydroxylation is 1. The molecule has 1 aliphatic heterocycles. The lowest BCUT2D eigenvalue weighted by atomic mass is 10.1. The van der Waals surface area contributed by atoms with Crippen LogP contribution in [0.1, 0.15) is 39.1 Å². The largest absolute Gasteiger partial charge is 0.493 e. The molecule has 0 unspecified atom stereocenters. The summed E-state index contributed by atoms with van der Waals surface area (Å²) in [6, 6.07) is 14.6. The summed E-state index contributed by atoms with van der Waals surface area (Å²) in [5.74, 6) is 1.34. The van der Waals surface area contributed by atoms with Gasteiger partial charge in [-0.05, 0) is 43.5 Å². The van der Waals surface area contributed by atoms with Crippen LogP contribution in [0.25, 0.3) is 0 Å². The predicted octanol–water partition coefficient (Wildman–Crippen LogP) is 4.63. The van der Waals surface area contributed by atoms with Gasteiger partial charge in [0.25, 0.3) is 5.91 Å². The zero-order chi connectivity index (χ0) is 28.5. The summed E-state index contributed by atoms with van der Waals surface area (Å²) in [5, 5.41) is 2.74. The number of piperazine rings is 1. The molecule has 0 atom stereocenters. The van der Waals surface area contributed by atoms with Gasteiger partial charge in [-0.15, -0.1) is 11.3 Å². The first kappa shape index (κ1) is 29.4. The second-order valence-corrected chi connectivity index (χ2v) is 10.7. The Kier molecular flexibility index (Phi) is 10.4. The van der Waals surface area contributed by atoms with Crippen LogP contribution in [0.3, 0.4) is 0 Å². The van der Waals surface area contributed by atoms with Gasteiger partial charge in [0.05, 0.1) is 27.4 Å². The number of ether oxygens (including phenoxy) is 3. The van der Waals surface area contributed by atoms with Crippen LogP contribution in [0.2, 0.25) is 0 Å². The van der Waals surface area contributed by atoms with Crippen LogP contribution in [-0.2, 0) is 24.2 Å². The van der Waals surface area contributed by atoms with Crippen molar-refractivity contribution < 1.29 is 23.8 Å². The topological polar surface area (TPSA) is 84.4 Å². The molecule has 2 heterocycles. The highest BCUT2D eigenvalue weighted by Crippen LogP contribution is 2.28. The van der Waals surface area contributed by atoms with Gasteiger partial charge in [-0.3, -0.25) is 9.69 Å². The molecular formula is C30H38N4O5S. The third-order valence-electron chi connectivity index (χ3n) is 6.91. The summed E-state index contributed by atoms with van der Waals surface area (Å²) >= 11 is 1.51. The van der Waals surface area contributed by atoms with Crippen molar-refractivity contribution >= 4 is 23.3 Å². The summed E-state index contributed by atoms with van der Waals surface area (Å²) < 4.78 is 15.9. The number of carbonyl (C=O) groups excluding carboxylic acids is 2. The molecule has 214 valence electrons. The van der Waals surface area contributed by atoms with E-state index >= 15 is 0 Å². The number of benzene rings is 2. The van der Waals surface area contributed by atoms with Crippen LogP contribution < -0.4 is 9.47 Å². The maximum absolute atomic E-state index is 13.1. The highest BCUT2D eigenvalue weighted by atomic mass is 32.1. The fourth-order valence-corrected chi connectivity index (χ4v) is 5.44. The molecule has 1 fully saturated rings. The highest BCUT2D eigenvalue weighted by Gasteiger charge is 2.27. The molecule has 0 aliphatic carbocycles. The molecule has 1 saturated heterocycles. The molecule has 2 amide bonds. The predicted molar refractivity (Wildman–Crippen MR) is 155 cm³/mol. The van der Waals surface area contributed by atoms with Gasteiger partial charge in [0.2, 0.25) is 0 Å². The molecule has 4 rings (SSSR count). The Morgan fingerprint density at radius 3 is 2.27 bits per heavy atom. The second kappa shape index (κ2) is 14.1. The first-order chi connectivity index (χ1) is 19.4. The first-order valence-electron chi connectivity index (χ1n) is 13.5. The van der Waals surface area contributed by atoms with E-state index in [1.807, 2.05) is 17.5 Å². The molecular weight excluding hydrogens is 528 g/mol. The summed E-state index contributed by atoms with van der Waals surface area (Å²) in [4.78, 5) is 35.6. The average molecular weight is 567 g/mol. The third-order valence-corrected chi connectivity index (χ3v) is 7.75. The number of rotatable bonds is 11. The Hall–Kier alpha value is -3.63. The fraction of sp³-hybridized carbons (Fsp3) is 0.433. The lowest BCUT2D eigenvalue weighted by Gasteiger charge is -2.33. The highest BCUT2D eigenvalue weighted by molar-refractivity contribution is 7.09. The molecule has 1 aliphatic rings. The first-order valence-corrected chi connectivity index (χ1v) is 14.4. The molecule has 3 aromatic rings. The van der Waals surface area contributed by atoms with Gasteiger partial charge < -0.3 is 24.0 Å². The van der Waals surface area contributed by atoms with Gasteiger partial charge in [-0.25, -0.2) is 9.78 Å². The van der Waals surface area contributed by atoms with Crippen molar-refractivity contribution in [1.82, 2.24) is 19.7 Å². The minimum absolute atomic E-state index is 0.0959. The number of hydrogen-bond acceptors (Lipinski definition) is 8. The average Bonchev–Trinajstić information content (AvgIpc) is 3.45. The minimum Gasteiger partial charge on any atom is -0.493 e. The van der Waals surface area contributed by atoms with Crippen molar-refractivity contribution in [2.45, 2.75) is 33.4 Å². The number of carbonyl (C=O) groups is 2. The van der Waals surface area contributed by atoms with Crippen molar-refractivity contribution in [1.29, 1.82) is 0 Å². The van der Waals surface area contributed by atoms with Gasteiger partial charge in [-0.1, -0.05) is 35.9 Å². The summed E-state index contributed by atoms with van der Waals surface area (Å²) in [5.41, 5.74) is 4.07. The minimum atomic E-state index is -0.327. The number of amides is 2. The quantitative estimate of drug-likeness (QED) is 0.335. The lowest BCUT2D eigenvalue weighted by Crippen LogP contribution is -2.50. The smallest absolute Gasteiger partial charge is 0.409 e. The molecule has 1 aromatic heterocycles. The van der Waals surface area contributed by atoms with Crippen LogP contribution in [0, 0.1) is 6.92 Å². The van der Waals surface area contributed by atoms with E-state index in [2.05, 4.69) is 42.2 Å². The number of aromatic nitrogens is 1. The Balaban J connectivity index is 1.41. The van der Waals surface area contributed by atoms with Gasteiger partial charge in [-0.2, -0.15) is 0 Å². The van der Waals surface area contributed by atoms with Crippen molar-refractivity contribution in [3.05, 3.63) is 75.2 Å². The molecule has 0 N–H and O–H groups in total. The second-order valence-electron chi connectivity index (χ2n) is 9.74.